The molecule has 1 aromatic rings. The lowest BCUT2D eigenvalue weighted by Crippen LogP contribution is -2.21. The Hall–Kier alpha value is -0.680. The van der Waals surface area contributed by atoms with Crippen LogP contribution in [0.25, 0.3) is 0 Å². The number of rotatable bonds is 4. The van der Waals surface area contributed by atoms with Gasteiger partial charge in [-0.2, -0.15) is 0 Å². The standard InChI is InChI=1S/C13H20BrN3O/c1-8(2)13-16-11(14)6-12(17-13)15-7-10-4-5-18-9(10)3/h6,8-10H,4-5,7H2,1-3H3,(H,15,16,17). The monoisotopic (exact) mass is 313 g/mol. The fourth-order valence-corrected chi connectivity index (χ4v) is 2.46. The molecule has 0 aromatic carbocycles. The molecule has 2 unspecified atom stereocenters. The van der Waals surface area contributed by atoms with Crippen molar-refractivity contribution in [2.45, 2.75) is 39.2 Å². The molecular weight excluding hydrogens is 294 g/mol. The van der Waals surface area contributed by atoms with Gasteiger partial charge in [-0.25, -0.2) is 9.97 Å². The lowest BCUT2D eigenvalue weighted by molar-refractivity contribution is 0.108. The van der Waals surface area contributed by atoms with Gasteiger partial charge in [0.25, 0.3) is 0 Å². The topological polar surface area (TPSA) is 47.0 Å². The van der Waals surface area contributed by atoms with Gasteiger partial charge in [0.05, 0.1) is 6.10 Å². The van der Waals surface area contributed by atoms with E-state index >= 15 is 0 Å². The van der Waals surface area contributed by atoms with Gasteiger partial charge in [0.1, 0.15) is 16.2 Å². The van der Waals surface area contributed by atoms with Crippen LogP contribution in [0.1, 0.15) is 38.9 Å². The number of hydrogen-bond donors (Lipinski definition) is 1. The van der Waals surface area contributed by atoms with Gasteiger partial charge in [-0.3, -0.25) is 0 Å². The maximum atomic E-state index is 5.56. The van der Waals surface area contributed by atoms with Crippen molar-refractivity contribution in [2.75, 3.05) is 18.5 Å². The summed E-state index contributed by atoms with van der Waals surface area (Å²) >= 11 is 3.43. The number of halogens is 1. The van der Waals surface area contributed by atoms with Gasteiger partial charge in [0.15, 0.2) is 0 Å². The maximum Gasteiger partial charge on any atom is 0.134 e. The summed E-state index contributed by atoms with van der Waals surface area (Å²) < 4.78 is 6.39. The van der Waals surface area contributed by atoms with E-state index in [1.807, 2.05) is 6.07 Å². The highest BCUT2D eigenvalue weighted by molar-refractivity contribution is 9.10. The Morgan fingerprint density at radius 1 is 1.50 bits per heavy atom. The lowest BCUT2D eigenvalue weighted by Gasteiger charge is -2.16. The van der Waals surface area contributed by atoms with Crippen LogP contribution in [0.4, 0.5) is 5.82 Å². The Bertz CT molecular complexity index is 411. The van der Waals surface area contributed by atoms with Gasteiger partial charge >= 0.3 is 0 Å². The van der Waals surface area contributed by atoms with E-state index in [0.717, 1.165) is 35.8 Å². The van der Waals surface area contributed by atoms with E-state index in [-0.39, 0.29) is 0 Å². The summed E-state index contributed by atoms with van der Waals surface area (Å²) in [5.74, 6) is 2.65. The van der Waals surface area contributed by atoms with Gasteiger partial charge in [-0.1, -0.05) is 13.8 Å². The first-order valence-electron chi connectivity index (χ1n) is 6.46. The molecule has 18 heavy (non-hydrogen) atoms. The molecule has 2 rings (SSSR count). The van der Waals surface area contributed by atoms with Crippen LogP contribution in [-0.4, -0.2) is 29.2 Å². The minimum absolute atomic E-state index is 0.330. The van der Waals surface area contributed by atoms with Crippen molar-refractivity contribution < 1.29 is 4.74 Å². The Morgan fingerprint density at radius 3 is 2.89 bits per heavy atom. The Labute approximate surface area is 117 Å². The van der Waals surface area contributed by atoms with Crippen molar-refractivity contribution in [3.8, 4) is 0 Å². The van der Waals surface area contributed by atoms with Crippen molar-refractivity contribution in [1.29, 1.82) is 0 Å². The molecule has 0 saturated carbocycles. The van der Waals surface area contributed by atoms with Crippen molar-refractivity contribution >= 4 is 21.7 Å². The average molecular weight is 314 g/mol. The molecule has 100 valence electrons. The predicted octanol–water partition coefficient (Wildman–Crippen LogP) is 3.20. The van der Waals surface area contributed by atoms with Crippen molar-refractivity contribution in [3.05, 3.63) is 16.5 Å². The van der Waals surface area contributed by atoms with Crippen molar-refractivity contribution in [2.24, 2.45) is 5.92 Å². The van der Waals surface area contributed by atoms with E-state index in [4.69, 9.17) is 4.74 Å². The van der Waals surface area contributed by atoms with E-state index in [1.165, 1.54) is 0 Å². The molecule has 2 heterocycles. The summed E-state index contributed by atoms with van der Waals surface area (Å²) in [6.07, 6.45) is 1.46. The summed E-state index contributed by atoms with van der Waals surface area (Å²) in [5, 5.41) is 3.39. The lowest BCUT2D eigenvalue weighted by atomic mass is 10.0. The van der Waals surface area contributed by atoms with Crippen LogP contribution in [0.15, 0.2) is 10.7 Å². The number of nitrogens with one attached hydrogen (secondary N) is 1. The number of anilines is 1. The molecule has 1 N–H and O–H groups in total. The smallest absolute Gasteiger partial charge is 0.134 e. The third kappa shape index (κ3) is 3.42. The van der Waals surface area contributed by atoms with E-state index in [2.05, 4.69) is 52.0 Å². The second-order valence-electron chi connectivity index (χ2n) is 5.09. The van der Waals surface area contributed by atoms with Crippen LogP contribution in [-0.2, 0) is 4.74 Å². The highest BCUT2D eigenvalue weighted by Gasteiger charge is 2.23. The minimum Gasteiger partial charge on any atom is -0.378 e. The summed E-state index contributed by atoms with van der Waals surface area (Å²) in [6.45, 7) is 8.10. The van der Waals surface area contributed by atoms with Gasteiger partial charge < -0.3 is 10.1 Å². The van der Waals surface area contributed by atoms with E-state index in [0.29, 0.717) is 17.9 Å². The largest absolute Gasteiger partial charge is 0.378 e. The molecule has 5 heteroatoms. The molecular formula is C13H20BrN3O. The van der Waals surface area contributed by atoms with Crippen LogP contribution >= 0.6 is 15.9 Å². The number of aromatic nitrogens is 2. The SMILES string of the molecule is CC(C)c1nc(Br)cc(NCC2CCOC2C)n1. The second kappa shape index (κ2) is 5.97. The molecule has 0 amide bonds. The predicted molar refractivity (Wildman–Crippen MR) is 75.8 cm³/mol. The molecule has 0 bridgehead atoms. The number of ether oxygens (including phenoxy) is 1. The van der Waals surface area contributed by atoms with Crippen LogP contribution < -0.4 is 5.32 Å². The Morgan fingerprint density at radius 2 is 2.28 bits per heavy atom. The van der Waals surface area contributed by atoms with Gasteiger partial charge in [0.2, 0.25) is 0 Å². The van der Waals surface area contributed by atoms with Gasteiger partial charge in [0, 0.05) is 31.1 Å². The zero-order valence-electron chi connectivity index (χ0n) is 11.1. The third-order valence-electron chi connectivity index (χ3n) is 3.31. The van der Waals surface area contributed by atoms with Gasteiger partial charge in [-0.05, 0) is 29.3 Å². The van der Waals surface area contributed by atoms with Crippen LogP contribution in [0, 0.1) is 5.92 Å². The first-order valence-corrected chi connectivity index (χ1v) is 7.25. The highest BCUT2D eigenvalue weighted by Crippen LogP contribution is 2.22. The Kier molecular flexibility index (Phi) is 4.56. The van der Waals surface area contributed by atoms with Crippen molar-refractivity contribution in [3.63, 3.8) is 0 Å². The molecule has 1 aromatic heterocycles. The summed E-state index contributed by atoms with van der Waals surface area (Å²) in [6, 6.07) is 1.92. The van der Waals surface area contributed by atoms with Crippen molar-refractivity contribution in [1.82, 2.24) is 9.97 Å². The maximum absolute atomic E-state index is 5.56. The number of hydrogen-bond acceptors (Lipinski definition) is 4. The fourth-order valence-electron chi connectivity index (χ4n) is 2.06. The first kappa shape index (κ1) is 13.7. The first-order chi connectivity index (χ1) is 8.56. The van der Waals surface area contributed by atoms with Crippen LogP contribution in [0.2, 0.25) is 0 Å². The molecule has 0 spiro atoms. The zero-order valence-corrected chi connectivity index (χ0v) is 12.7. The third-order valence-corrected chi connectivity index (χ3v) is 3.71. The summed E-state index contributed by atoms with van der Waals surface area (Å²) in [4.78, 5) is 8.89. The molecule has 1 saturated heterocycles. The summed E-state index contributed by atoms with van der Waals surface area (Å²) in [5.41, 5.74) is 0. The highest BCUT2D eigenvalue weighted by atomic mass is 79.9. The van der Waals surface area contributed by atoms with Crippen LogP contribution in [0.3, 0.4) is 0 Å². The van der Waals surface area contributed by atoms with Crippen LogP contribution in [0.5, 0.6) is 0 Å². The molecule has 1 fully saturated rings. The second-order valence-corrected chi connectivity index (χ2v) is 5.91. The molecule has 1 aliphatic heterocycles. The molecule has 1 aliphatic rings. The van der Waals surface area contributed by atoms with E-state index in [1.54, 1.807) is 0 Å². The average Bonchev–Trinajstić information content (AvgIpc) is 2.71. The molecule has 2 atom stereocenters. The molecule has 4 nitrogen and oxygen atoms in total. The quantitative estimate of drug-likeness (QED) is 0.867. The minimum atomic E-state index is 0.330. The zero-order chi connectivity index (χ0) is 13.1. The van der Waals surface area contributed by atoms with Gasteiger partial charge in [-0.15, -0.1) is 0 Å². The van der Waals surface area contributed by atoms with E-state index in [9.17, 15) is 0 Å². The fraction of sp³-hybridized carbons (Fsp3) is 0.692. The normalized spacial score (nSPS) is 23.6. The molecule has 0 radical (unpaired) electrons. The summed E-state index contributed by atoms with van der Waals surface area (Å²) in [7, 11) is 0. The number of nitrogens with zero attached hydrogens (tertiary/aromatic N) is 2. The Balaban J connectivity index is 2.00. The molecule has 0 aliphatic carbocycles. The van der Waals surface area contributed by atoms with E-state index < -0.39 is 0 Å².